The third kappa shape index (κ3) is 40.3. The summed E-state index contributed by atoms with van der Waals surface area (Å²) in [5.74, 6) is -3.17. The number of nitrogens with zero attached hydrogens (tertiary/aromatic N) is 9. The second-order valence-electron chi connectivity index (χ2n) is 29.5. The van der Waals surface area contributed by atoms with E-state index in [1.165, 1.54) is 93.5 Å². The van der Waals surface area contributed by atoms with Crippen molar-refractivity contribution in [1.29, 1.82) is 10.5 Å². The van der Waals surface area contributed by atoms with Crippen LogP contribution in [0.2, 0.25) is 0 Å². The first-order valence-corrected chi connectivity index (χ1v) is 40.4. The molecule has 0 unspecified atom stereocenters. The number of carboxylic acid groups (broad SMARTS) is 1. The SMILES string of the molecule is C=O.CC(=O)OOC(C)=O.CO.COC(=O)c1ccc2c(c1)CNCC2.Cl.Cl.N#Cc1ccc2c(c1)CNCC2.[Ar].[B-]OC(C)=O.[C-]#[N+]c1ccc(CN2CCc3ccc(C(=O)NC4CCN(Cc5ccc(C#N)cc5)CC4)cc3C2)cc1.[C-]#[N+]c1ccc(CN2CCc3ccc(C(=O)O)cc3C2)cc1.[C-]#[N+]c1ccc(CN2CCc3ccc(C(=O)OC)cc3C2)cc1.[Li+].[Na+].[OH-]. The van der Waals surface area contributed by atoms with Gasteiger partial charge in [0.05, 0.1) is 73.9 Å². The number of carbonyl (C=O) groups excluding carboxylic acids is 7. The summed E-state index contributed by atoms with van der Waals surface area (Å²) in [5, 5.41) is 43.6. The van der Waals surface area contributed by atoms with Crippen LogP contribution in [-0.2, 0) is 134 Å². The second kappa shape index (κ2) is 64.4. The third-order valence-electron chi connectivity index (χ3n) is 20.8. The molecule has 6 aliphatic heterocycles. The van der Waals surface area contributed by atoms with Crippen LogP contribution in [0.1, 0.15) is 164 Å². The molecule has 0 atom stereocenters. The Balaban J connectivity index is 0.000000805. The fourth-order valence-corrected chi connectivity index (χ4v) is 14.4. The number of nitrogens with one attached hydrogen (secondary N) is 3. The number of aliphatic hydroxyl groups is 1. The molecule has 15 rings (SSSR count). The smallest absolute Gasteiger partial charge is 0.870 e. The summed E-state index contributed by atoms with van der Waals surface area (Å²) < 4.78 is 13.1. The maximum atomic E-state index is 13.1. The van der Waals surface area contributed by atoms with E-state index in [9.17, 15) is 33.6 Å². The molecule has 0 spiro atoms. The van der Waals surface area contributed by atoms with E-state index in [1.54, 1.807) is 12.1 Å². The van der Waals surface area contributed by atoms with Gasteiger partial charge in [-0.1, -0.05) is 115 Å². The Bertz CT molecular complexity index is 5370. The number of hydrogen-bond donors (Lipinski definition) is 5. The Morgan fingerprint density at radius 1 is 0.458 bits per heavy atom. The first-order chi connectivity index (χ1) is 60.5. The zero-order valence-electron chi connectivity index (χ0n) is 74.9. The molecule has 1 fully saturated rings. The summed E-state index contributed by atoms with van der Waals surface area (Å²) >= 11 is 0. The maximum absolute atomic E-state index is 13.1. The van der Waals surface area contributed by atoms with Gasteiger partial charge >= 0.3 is 78.3 Å². The van der Waals surface area contributed by atoms with Crippen molar-refractivity contribution in [2.45, 2.75) is 131 Å². The van der Waals surface area contributed by atoms with Crippen molar-refractivity contribution in [2.75, 3.05) is 67.1 Å². The quantitative estimate of drug-likeness (QED) is 0.0238. The summed E-state index contributed by atoms with van der Waals surface area (Å²) in [6.45, 7) is 41.1. The topological polar surface area (TPSA) is 363 Å². The number of carboxylic acids is 1. The van der Waals surface area contributed by atoms with Crippen LogP contribution in [0.4, 0.5) is 17.1 Å². The minimum absolute atomic E-state index is 0. The van der Waals surface area contributed by atoms with Crippen molar-refractivity contribution in [3.05, 3.63) is 334 Å². The Morgan fingerprint density at radius 3 is 1.11 bits per heavy atom. The number of aromatic carboxylic acids is 1. The zero-order chi connectivity index (χ0) is 90.6. The number of rotatable bonds is 13. The predicted molar refractivity (Wildman–Crippen MR) is 489 cm³/mol. The molecule has 3 radical (unpaired) electrons. The molecule has 0 aromatic heterocycles. The first kappa shape index (κ1) is 119. The number of ether oxygens (including phenoxy) is 2. The standard InChI is InChI=1S/C31H31N5O.C19H18N2O2.C18H16N2O2.C11H13NO2.C10H10N2.C4H6O4.C2H3BO2.CH4O.CH2O.Ar.2ClH.Li.Na.H2O/c1-33-29-10-6-25(7-11-29)21-36-15-12-26-8-9-27(18-28(26)22-36)31(37)34-30-13-16-35(17-14-30)20-24-4-2-23(19-32)3-5-24;1-20-18-7-3-14(4-8-18)12-21-10-9-15-5-6-16(19(22)23-2)11-17(15)13-21;1-19-17-6-2-13(3-7-17)11-20-9-8-14-4-5-15(18(21)22)10-16(14)12-20;1-14-11(13)9-3-2-8-4-5-12-7-10(8)6-9;11-6-8-1-2-9-3-4-12-7-10(9)5-8;1-3(5)7-8-4(2)6;1-2(4)5-3;2*1-2;;;;;;/h2-11,18,30H,12-17,20-22H2,(H,34,37);3-8,11H,9-10,12-13H2,2H3;2-7,10H,8-9,11-12H2,(H,21,22);2-3,6,12H,4-5,7H2,1H3;1-2,5,12H,3-4,7H2;1-2H3;1H3;2H,1H3;1H2;;2*1H;;;1H2/q;;;;;;-1;;;;;;2*+1;/p-1. The maximum Gasteiger partial charge on any atom is 1.00 e. The molecule has 34 heteroatoms. The summed E-state index contributed by atoms with van der Waals surface area (Å²) in [7, 11) is 8.13. The van der Waals surface area contributed by atoms with Crippen LogP contribution < -0.4 is 64.4 Å². The van der Waals surface area contributed by atoms with E-state index in [2.05, 4.69) is 108 Å². The van der Waals surface area contributed by atoms with Gasteiger partial charge in [0.2, 0.25) is 5.97 Å². The number of likely N-dealkylation sites (tertiary alicyclic amines) is 1. The van der Waals surface area contributed by atoms with Gasteiger partial charge in [-0.2, -0.15) is 10.5 Å². The number of halogens is 2. The Kier molecular flexibility index (Phi) is 58.3. The fourth-order valence-electron chi connectivity index (χ4n) is 14.4. The molecular weight excluding hydrogens is 1740 g/mol. The van der Waals surface area contributed by atoms with E-state index in [-0.39, 0.29) is 140 Å². The van der Waals surface area contributed by atoms with Gasteiger partial charge in [-0.25, -0.2) is 48.3 Å². The van der Waals surface area contributed by atoms with Gasteiger partial charge in [0, 0.05) is 169 Å². The molecular formula is C97H106ArBCl2LiN12NaO16. The van der Waals surface area contributed by atoms with Gasteiger partial charge in [0.15, 0.2) is 17.1 Å². The van der Waals surface area contributed by atoms with Gasteiger partial charge in [0.25, 0.3) is 5.91 Å². The number of amides is 1. The second-order valence-corrected chi connectivity index (χ2v) is 29.5. The summed E-state index contributed by atoms with van der Waals surface area (Å²) in [5.41, 5.74) is 23.1. The molecule has 0 saturated carbocycles. The van der Waals surface area contributed by atoms with E-state index in [4.69, 9.17) is 50.0 Å². The molecule has 1 amide bonds. The van der Waals surface area contributed by atoms with Gasteiger partial charge in [-0.15, -0.1) is 24.8 Å². The predicted octanol–water partition coefficient (Wildman–Crippen LogP) is 8.22. The largest absolute Gasteiger partial charge is 1.00 e. The number of nitriles is 2. The van der Waals surface area contributed by atoms with Crippen LogP contribution in [0, 0.1) is 80.1 Å². The Labute approximate surface area is 844 Å². The van der Waals surface area contributed by atoms with E-state index in [0.717, 1.165) is 187 Å². The summed E-state index contributed by atoms with van der Waals surface area (Å²) in [4.78, 5) is 112. The van der Waals surface area contributed by atoms with Crippen molar-refractivity contribution in [3.63, 3.8) is 0 Å². The summed E-state index contributed by atoms with van der Waals surface area (Å²) in [6.07, 6.45) is 6.90. The third-order valence-corrected chi connectivity index (χ3v) is 20.8. The van der Waals surface area contributed by atoms with E-state index >= 15 is 0 Å². The number of fused-ring (bicyclic) bond motifs is 5. The van der Waals surface area contributed by atoms with Crippen LogP contribution >= 0.6 is 24.8 Å². The fraction of sp³-hybridized carbons (Fsp3) is 0.309. The van der Waals surface area contributed by atoms with E-state index < -0.39 is 23.9 Å². The van der Waals surface area contributed by atoms with E-state index in [1.807, 2.05) is 165 Å². The first-order valence-electron chi connectivity index (χ1n) is 40.4. The molecule has 0 bridgehead atoms. The van der Waals surface area contributed by atoms with Crippen molar-refractivity contribution in [3.8, 4) is 12.1 Å². The van der Waals surface area contributed by atoms with E-state index in [0.29, 0.717) is 39.3 Å². The van der Waals surface area contributed by atoms with Gasteiger partial charge in [-0.05, 0) is 209 Å². The molecule has 6 N–H and O–H groups in total. The number of carbonyl (C=O) groups is 8. The number of hydrogen-bond acceptors (Lipinski definition) is 23. The molecule has 28 nitrogen and oxygen atoms in total. The average Bonchev–Trinajstić information content (AvgIpc) is 0.852. The monoisotopic (exact) mass is 1850 g/mol. The Hall–Kier alpha value is -10.4. The van der Waals surface area contributed by atoms with Crippen LogP contribution in [0.5, 0.6) is 0 Å². The molecule has 131 heavy (non-hydrogen) atoms. The van der Waals surface area contributed by atoms with Gasteiger partial charge in [-0.3, -0.25) is 29.2 Å². The number of methoxy groups -OCH3 is 2. The van der Waals surface area contributed by atoms with Crippen LogP contribution in [0.25, 0.3) is 14.5 Å². The minimum Gasteiger partial charge on any atom is -0.870 e. The number of esters is 2. The summed E-state index contributed by atoms with van der Waals surface area (Å²) in [6, 6.07) is 64.5. The van der Waals surface area contributed by atoms with Crippen molar-refractivity contribution in [1.82, 2.24) is 35.6 Å². The van der Waals surface area contributed by atoms with Gasteiger partial charge < -0.3 is 58.6 Å². The minimum atomic E-state index is -0.880. The average molecular weight is 1850 g/mol. The normalized spacial score (nSPS) is 13.2. The van der Waals surface area contributed by atoms with Crippen LogP contribution in [-0.4, -0.2) is 165 Å². The van der Waals surface area contributed by atoms with Crippen LogP contribution in [0.15, 0.2) is 188 Å². The molecule has 1 saturated heterocycles. The molecule has 0 aliphatic carbocycles. The molecule has 6 heterocycles. The van der Waals surface area contributed by atoms with Gasteiger partial charge in [0.1, 0.15) is 6.79 Å². The Morgan fingerprint density at radius 2 is 0.763 bits per heavy atom. The number of aliphatic hydroxyl groups excluding tert-OH is 1. The molecule has 9 aromatic carbocycles. The molecule has 9 aromatic rings. The van der Waals surface area contributed by atoms with Crippen molar-refractivity contribution < 1.29 is 164 Å². The van der Waals surface area contributed by atoms with Crippen molar-refractivity contribution in [2.24, 2.45) is 0 Å². The van der Waals surface area contributed by atoms with Crippen molar-refractivity contribution >= 4 is 98.4 Å². The zero-order valence-corrected chi connectivity index (χ0v) is 79.2. The number of piperidine rings is 1. The molecule has 6 aliphatic rings. The molecule has 677 valence electrons. The van der Waals surface area contributed by atoms with Crippen LogP contribution in [0.3, 0.4) is 0 Å². The number of benzene rings is 9.